The predicted molar refractivity (Wildman–Crippen MR) is 63.5 cm³/mol. The van der Waals surface area contributed by atoms with E-state index in [1.165, 1.54) is 0 Å². The van der Waals surface area contributed by atoms with Crippen LogP contribution in [0.1, 0.15) is 0 Å². The Bertz CT molecular complexity index is 237. The van der Waals surface area contributed by atoms with Crippen molar-refractivity contribution in [2.45, 2.75) is 0 Å². The van der Waals surface area contributed by atoms with Crippen LogP contribution in [0.4, 0.5) is 5.69 Å². The fourth-order valence-corrected chi connectivity index (χ4v) is 1.95. The lowest BCUT2D eigenvalue weighted by molar-refractivity contribution is 1.15. The third kappa shape index (κ3) is 2.99. The molecule has 1 nitrogen and oxygen atoms in total. The number of anilines is 1. The van der Waals surface area contributed by atoms with Crippen molar-refractivity contribution in [1.29, 1.82) is 0 Å². The van der Waals surface area contributed by atoms with E-state index in [0.717, 1.165) is 17.3 Å². The number of halogens is 3. The summed E-state index contributed by atoms with van der Waals surface area (Å²) in [6, 6.07) is 7.69. The van der Waals surface area contributed by atoms with E-state index >= 15 is 0 Å². The van der Waals surface area contributed by atoms with Gasteiger partial charge in [-0.3, -0.25) is 0 Å². The Hall–Kier alpha value is 0.330. The van der Waals surface area contributed by atoms with Crippen LogP contribution in [0.5, 0.6) is 0 Å². The first-order chi connectivity index (χ1) is 5.74. The van der Waals surface area contributed by atoms with Crippen LogP contribution in [0.2, 0.25) is 5.02 Å². The molecule has 0 saturated heterocycles. The Balaban J connectivity index is 2.68. The van der Waals surface area contributed by atoms with Gasteiger partial charge in [-0.1, -0.05) is 11.6 Å². The number of hydrogen-bond acceptors (Lipinski definition) is 1. The fourth-order valence-electron chi connectivity index (χ4n) is 0.806. The molecule has 0 N–H and O–H groups in total. The lowest BCUT2D eigenvalue weighted by atomic mass is 10.3. The molecule has 1 aromatic carbocycles. The van der Waals surface area contributed by atoms with E-state index in [9.17, 15) is 0 Å². The zero-order valence-electron chi connectivity index (χ0n) is 6.30. The maximum absolute atomic E-state index is 5.75. The van der Waals surface area contributed by atoms with Gasteiger partial charge in [0.05, 0.1) is 22.9 Å². The van der Waals surface area contributed by atoms with E-state index < -0.39 is 0 Å². The summed E-state index contributed by atoms with van der Waals surface area (Å²) in [7, 11) is 0. The third-order valence-electron chi connectivity index (χ3n) is 1.39. The molecule has 66 valence electrons. The normalized spacial score (nSPS) is 9.92. The van der Waals surface area contributed by atoms with Gasteiger partial charge in [-0.15, -0.1) is 11.6 Å². The summed E-state index contributed by atoms with van der Waals surface area (Å²) < 4.78 is 2.06. The molecule has 0 aliphatic carbocycles. The van der Waals surface area contributed by atoms with E-state index in [1.54, 1.807) is 0 Å². The molecule has 0 aliphatic heterocycles. The Labute approximate surface area is 96.1 Å². The quantitative estimate of drug-likeness (QED) is 0.466. The van der Waals surface area contributed by atoms with Crippen molar-refractivity contribution < 1.29 is 0 Å². The summed E-state index contributed by atoms with van der Waals surface area (Å²) in [6.07, 6.45) is 0. The van der Waals surface area contributed by atoms with Gasteiger partial charge in [0.1, 0.15) is 0 Å². The average Bonchev–Trinajstić information content (AvgIpc) is 2.06. The third-order valence-corrected chi connectivity index (χ3v) is 2.85. The standard InChI is InChI=1S/C8H8Cl2IN/c9-5-6-12(11)8-3-1-7(10)2-4-8/h1-4H,5-6H2. The lowest BCUT2D eigenvalue weighted by Gasteiger charge is -2.14. The van der Waals surface area contributed by atoms with Crippen molar-refractivity contribution in [2.24, 2.45) is 0 Å². The topological polar surface area (TPSA) is 3.24 Å². The first-order valence-electron chi connectivity index (χ1n) is 3.49. The van der Waals surface area contributed by atoms with Crippen LogP contribution in [0.15, 0.2) is 24.3 Å². The number of alkyl halides is 1. The summed E-state index contributed by atoms with van der Waals surface area (Å²) in [6.45, 7) is 0.837. The second-order valence-corrected chi connectivity index (χ2v) is 4.23. The van der Waals surface area contributed by atoms with Gasteiger partial charge in [0.2, 0.25) is 0 Å². The Kier molecular flexibility index (Phi) is 4.46. The largest absolute Gasteiger partial charge is 0.314 e. The first-order valence-corrected chi connectivity index (χ1v) is 5.36. The van der Waals surface area contributed by atoms with Gasteiger partial charge in [-0.05, 0) is 24.3 Å². The van der Waals surface area contributed by atoms with Crippen molar-refractivity contribution in [2.75, 3.05) is 15.5 Å². The smallest absolute Gasteiger partial charge is 0.0591 e. The molecule has 0 spiro atoms. The van der Waals surface area contributed by atoms with Crippen molar-refractivity contribution in [3.63, 3.8) is 0 Å². The van der Waals surface area contributed by atoms with Gasteiger partial charge in [0.15, 0.2) is 0 Å². The zero-order valence-corrected chi connectivity index (χ0v) is 9.97. The maximum Gasteiger partial charge on any atom is 0.0591 e. The highest BCUT2D eigenvalue weighted by molar-refractivity contribution is 14.1. The van der Waals surface area contributed by atoms with Gasteiger partial charge >= 0.3 is 0 Å². The summed E-state index contributed by atoms with van der Waals surface area (Å²) in [5.41, 5.74) is 1.13. The van der Waals surface area contributed by atoms with Gasteiger partial charge < -0.3 is 3.11 Å². The summed E-state index contributed by atoms with van der Waals surface area (Å²) >= 11 is 13.6. The molecular weight excluding hydrogens is 308 g/mol. The second-order valence-electron chi connectivity index (χ2n) is 2.25. The lowest BCUT2D eigenvalue weighted by Crippen LogP contribution is -2.11. The van der Waals surface area contributed by atoms with Gasteiger partial charge in [0.25, 0.3) is 0 Å². The molecule has 0 heterocycles. The van der Waals surface area contributed by atoms with E-state index in [-0.39, 0.29) is 0 Å². The molecule has 1 aromatic rings. The van der Waals surface area contributed by atoms with Crippen molar-refractivity contribution in [3.8, 4) is 0 Å². The minimum atomic E-state index is 0.631. The highest BCUT2D eigenvalue weighted by Gasteiger charge is 1.99. The highest BCUT2D eigenvalue weighted by atomic mass is 127. The number of benzene rings is 1. The molecule has 1 rings (SSSR count). The second kappa shape index (κ2) is 5.14. The Morgan fingerprint density at radius 3 is 2.33 bits per heavy atom. The highest BCUT2D eigenvalue weighted by Crippen LogP contribution is 2.20. The van der Waals surface area contributed by atoms with Crippen LogP contribution >= 0.6 is 46.1 Å². The van der Waals surface area contributed by atoms with Gasteiger partial charge in [0, 0.05) is 23.1 Å². The van der Waals surface area contributed by atoms with Gasteiger partial charge in [-0.2, -0.15) is 0 Å². The summed E-state index contributed by atoms with van der Waals surface area (Å²) in [5, 5.41) is 0.759. The van der Waals surface area contributed by atoms with Crippen LogP contribution in [0, 0.1) is 0 Å². The molecule has 0 unspecified atom stereocenters. The van der Waals surface area contributed by atoms with Gasteiger partial charge in [-0.25, -0.2) is 0 Å². The molecule has 0 saturated carbocycles. The van der Waals surface area contributed by atoms with E-state index in [2.05, 4.69) is 26.0 Å². The average molecular weight is 316 g/mol. The predicted octanol–water partition coefficient (Wildman–Crippen LogP) is 3.74. The van der Waals surface area contributed by atoms with Crippen LogP contribution < -0.4 is 3.11 Å². The molecule has 0 bridgehead atoms. The molecule has 0 aromatic heterocycles. The minimum absolute atomic E-state index is 0.631. The van der Waals surface area contributed by atoms with Crippen LogP contribution in [0.3, 0.4) is 0 Å². The van der Waals surface area contributed by atoms with Crippen molar-refractivity contribution in [3.05, 3.63) is 29.3 Å². The molecule has 0 atom stereocenters. The van der Waals surface area contributed by atoms with E-state index in [0.29, 0.717) is 5.88 Å². The van der Waals surface area contributed by atoms with Crippen molar-refractivity contribution >= 4 is 51.8 Å². The Morgan fingerprint density at radius 2 is 1.83 bits per heavy atom. The molecule has 4 heteroatoms. The Morgan fingerprint density at radius 1 is 1.25 bits per heavy atom. The monoisotopic (exact) mass is 315 g/mol. The molecular formula is C8H8Cl2IN. The fraction of sp³-hybridized carbons (Fsp3) is 0.250. The number of hydrogen-bond donors (Lipinski definition) is 0. The summed E-state index contributed by atoms with van der Waals surface area (Å²) in [4.78, 5) is 0. The van der Waals surface area contributed by atoms with Crippen LogP contribution in [-0.2, 0) is 0 Å². The molecule has 0 aliphatic rings. The molecule has 0 amide bonds. The summed E-state index contributed by atoms with van der Waals surface area (Å²) in [5.74, 6) is 0.631. The SMILES string of the molecule is ClCCN(I)c1ccc(Cl)cc1. The first kappa shape index (κ1) is 10.4. The maximum atomic E-state index is 5.75. The zero-order chi connectivity index (χ0) is 8.97. The molecule has 0 radical (unpaired) electrons. The van der Waals surface area contributed by atoms with Crippen LogP contribution in [-0.4, -0.2) is 12.4 Å². The minimum Gasteiger partial charge on any atom is -0.314 e. The molecule has 0 fully saturated rings. The van der Waals surface area contributed by atoms with Crippen molar-refractivity contribution in [1.82, 2.24) is 0 Å². The molecule has 12 heavy (non-hydrogen) atoms. The van der Waals surface area contributed by atoms with E-state index in [4.69, 9.17) is 23.2 Å². The van der Waals surface area contributed by atoms with Crippen LogP contribution in [0.25, 0.3) is 0 Å². The number of nitrogens with zero attached hydrogens (tertiary/aromatic N) is 1. The number of rotatable bonds is 3. The van der Waals surface area contributed by atoms with E-state index in [1.807, 2.05) is 24.3 Å².